The Labute approximate surface area is 172 Å². The molecule has 29 heavy (non-hydrogen) atoms. The second-order valence-electron chi connectivity index (χ2n) is 6.75. The quantitative estimate of drug-likeness (QED) is 0.595. The first kappa shape index (κ1) is 19.4. The predicted molar refractivity (Wildman–Crippen MR) is 110 cm³/mol. The van der Waals surface area contributed by atoms with Crippen LogP contribution in [0.3, 0.4) is 0 Å². The topological polar surface area (TPSA) is 62.5 Å². The Morgan fingerprint density at radius 2 is 1.83 bits per heavy atom. The Morgan fingerprint density at radius 1 is 1.10 bits per heavy atom. The molecule has 150 valence electrons. The molecule has 6 nitrogen and oxygen atoms in total. The number of para-hydroxylation sites is 1. The van der Waals surface area contributed by atoms with Gasteiger partial charge in [-0.3, -0.25) is 4.79 Å². The number of amides is 1. The highest BCUT2D eigenvalue weighted by molar-refractivity contribution is 7.98. The molecule has 4 rings (SSSR count). The lowest BCUT2D eigenvalue weighted by atomic mass is 10.1. The van der Waals surface area contributed by atoms with Crippen molar-refractivity contribution in [2.45, 2.75) is 17.6 Å². The fraction of sp³-hybridized carbons (Fsp3) is 0.286. The zero-order chi connectivity index (χ0) is 20.2. The van der Waals surface area contributed by atoms with Crippen LogP contribution in [0.5, 0.6) is 0 Å². The van der Waals surface area contributed by atoms with Gasteiger partial charge in [0.2, 0.25) is 5.89 Å². The van der Waals surface area contributed by atoms with Crippen LogP contribution < -0.4 is 4.90 Å². The SMILES string of the molecule is Cc1nc(CSc2ccccc2C(=O)N2CCN(c3ccccc3F)CC2)no1. The fourth-order valence-corrected chi connectivity index (χ4v) is 4.23. The van der Waals surface area contributed by atoms with Gasteiger partial charge >= 0.3 is 0 Å². The zero-order valence-corrected chi connectivity index (χ0v) is 16.9. The highest BCUT2D eigenvalue weighted by Gasteiger charge is 2.25. The van der Waals surface area contributed by atoms with Gasteiger partial charge in [0.15, 0.2) is 5.82 Å². The maximum Gasteiger partial charge on any atom is 0.255 e. The maximum absolute atomic E-state index is 14.0. The number of thioether (sulfide) groups is 1. The first-order valence-electron chi connectivity index (χ1n) is 9.41. The number of carbonyl (C=O) groups is 1. The maximum atomic E-state index is 14.0. The summed E-state index contributed by atoms with van der Waals surface area (Å²) in [7, 11) is 0. The molecular formula is C21H21FN4O2S. The monoisotopic (exact) mass is 412 g/mol. The first-order valence-corrected chi connectivity index (χ1v) is 10.4. The van der Waals surface area contributed by atoms with Crippen LogP contribution in [0, 0.1) is 12.7 Å². The lowest BCUT2D eigenvalue weighted by Crippen LogP contribution is -2.49. The molecule has 1 fully saturated rings. The van der Waals surface area contributed by atoms with E-state index in [4.69, 9.17) is 4.52 Å². The molecule has 0 spiro atoms. The summed E-state index contributed by atoms with van der Waals surface area (Å²) >= 11 is 1.51. The number of hydrogen-bond acceptors (Lipinski definition) is 6. The van der Waals surface area contributed by atoms with Gasteiger partial charge in [-0.2, -0.15) is 4.98 Å². The Morgan fingerprint density at radius 3 is 2.55 bits per heavy atom. The van der Waals surface area contributed by atoms with Crippen LogP contribution >= 0.6 is 11.8 Å². The van der Waals surface area contributed by atoms with E-state index in [9.17, 15) is 9.18 Å². The number of nitrogens with zero attached hydrogens (tertiary/aromatic N) is 4. The van der Waals surface area contributed by atoms with Crippen molar-refractivity contribution in [3.8, 4) is 0 Å². The Kier molecular flexibility index (Phi) is 5.80. The summed E-state index contributed by atoms with van der Waals surface area (Å²) < 4.78 is 19.0. The van der Waals surface area contributed by atoms with Crippen LogP contribution in [0.4, 0.5) is 10.1 Å². The van der Waals surface area contributed by atoms with E-state index in [1.54, 1.807) is 19.1 Å². The van der Waals surface area contributed by atoms with Gasteiger partial charge in [-0.25, -0.2) is 4.39 Å². The molecular weight excluding hydrogens is 391 g/mol. The number of aromatic nitrogens is 2. The summed E-state index contributed by atoms with van der Waals surface area (Å²) in [5.74, 6) is 1.42. The van der Waals surface area contributed by atoms with Gasteiger partial charge < -0.3 is 14.3 Å². The third kappa shape index (κ3) is 4.42. The third-order valence-electron chi connectivity index (χ3n) is 4.80. The molecule has 1 saturated heterocycles. The van der Waals surface area contributed by atoms with E-state index >= 15 is 0 Å². The van der Waals surface area contributed by atoms with E-state index in [-0.39, 0.29) is 11.7 Å². The van der Waals surface area contributed by atoms with Crippen molar-refractivity contribution in [1.29, 1.82) is 0 Å². The smallest absolute Gasteiger partial charge is 0.255 e. The third-order valence-corrected chi connectivity index (χ3v) is 5.87. The summed E-state index contributed by atoms with van der Waals surface area (Å²) in [5.41, 5.74) is 1.25. The van der Waals surface area contributed by atoms with Crippen molar-refractivity contribution in [2.24, 2.45) is 0 Å². The van der Waals surface area contributed by atoms with E-state index < -0.39 is 0 Å². The second-order valence-corrected chi connectivity index (χ2v) is 7.76. The Hall–Kier alpha value is -2.87. The van der Waals surface area contributed by atoms with Gasteiger partial charge in [0.25, 0.3) is 5.91 Å². The van der Waals surface area contributed by atoms with Crippen molar-refractivity contribution >= 4 is 23.4 Å². The molecule has 1 aromatic heterocycles. The molecule has 0 unspecified atom stereocenters. The van der Waals surface area contributed by atoms with Crippen molar-refractivity contribution in [3.05, 3.63) is 71.6 Å². The second kappa shape index (κ2) is 8.65. The molecule has 2 aromatic carbocycles. The van der Waals surface area contributed by atoms with Gasteiger partial charge in [-0.15, -0.1) is 11.8 Å². The summed E-state index contributed by atoms with van der Waals surface area (Å²) in [5, 5.41) is 3.90. The molecule has 0 radical (unpaired) electrons. The van der Waals surface area contributed by atoms with Crippen molar-refractivity contribution in [1.82, 2.24) is 15.0 Å². The molecule has 0 atom stereocenters. The molecule has 3 aromatic rings. The number of hydrogen-bond donors (Lipinski definition) is 0. The van der Waals surface area contributed by atoms with Gasteiger partial charge in [0, 0.05) is 38.0 Å². The average molecular weight is 412 g/mol. The molecule has 0 N–H and O–H groups in total. The van der Waals surface area contributed by atoms with Crippen LogP contribution in [0.1, 0.15) is 22.1 Å². The molecule has 1 amide bonds. The largest absolute Gasteiger partial charge is 0.366 e. The van der Waals surface area contributed by atoms with E-state index in [1.165, 1.54) is 17.8 Å². The number of rotatable bonds is 5. The molecule has 0 saturated carbocycles. The molecule has 0 aliphatic carbocycles. The minimum absolute atomic E-state index is 0.00873. The Balaban J connectivity index is 1.42. The average Bonchev–Trinajstić information content (AvgIpc) is 3.18. The van der Waals surface area contributed by atoms with Crippen LogP contribution in [0.25, 0.3) is 0 Å². The number of piperazine rings is 1. The summed E-state index contributed by atoms with van der Waals surface area (Å²) in [6.45, 7) is 4.06. The normalized spacial score (nSPS) is 14.3. The van der Waals surface area contributed by atoms with Gasteiger partial charge in [0.05, 0.1) is 17.0 Å². The highest BCUT2D eigenvalue weighted by Crippen LogP contribution is 2.27. The molecule has 8 heteroatoms. The van der Waals surface area contributed by atoms with E-state index in [1.807, 2.05) is 40.1 Å². The minimum Gasteiger partial charge on any atom is -0.366 e. The minimum atomic E-state index is -0.231. The van der Waals surface area contributed by atoms with E-state index in [0.29, 0.717) is 54.9 Å². The van der Waals surface area contributed by atoms with Gasteiger partial charge in [0.1, 0.15) is 5.82 Å². The number of carbonyl (C=O) groups excluding carboxylic acids is 1. The van der Waals surface area contributed by atoms with Crippen LogP contribution in [-0.4, -0.2) is 47.1 Å². The first-order chi connectivity index (χ1) is 14.1. The molecule has 2 heterocycles. The lowest BCUT2D eigenvalue weighted by molar-refractivity contribution is 0.0743. The molecule has 1 aliphatic heterocycles. The van der Waals surface area contributed by atoms with Crippen LogP contribution in [0.2, 0.25) is 0 Å². The van der Waals surface area contributed by atoms with Crippen molar-refractivity contribution < 1.29 is 13.7 Å². The van der Waals surface area contributed by atoms with E-state index in [2.05, 4.69) is 10.1 Å². The summed E-state index contributed by atoms with van der Waals surface area (Å²) in [4.78, 5) is 22.0. The van der Waals surface area contributed by atoms with Gasteiger partial charge in [-0.1, -0.05) is 29.4 Å². The lowest BCUT2D eigenvalue weighted by Gasteiger charge is -2.36. The van der Waals surface area contributed by atoms with Crippen LogP contribution in [0.15, 0.2) is 57.9 Å². The van der Waals surface area contributed by atoms with E-state index in [0.717, 1.165) is 4.90 Å². The molecule has 0 bridgehead atoms. The van der Waals surface area contributed by atoms with Crippen LogP contribution in [-0.2, 0) is 5.75 Å². The van der Waals surface area contributed by atoms with Crippen molar-refractivity contribution in [3.63, 3.8) is 0 Å². The standard InChI is InChI=1S/C21H21FN4O2S/c1-15-23-20(24-28-15)14-29-19-9-5-2-6-16(19)21(27)26-12-10-25(11-13-26)18-8-4-3-7-17(18)22/h2-9H,10-14H2,1H3. The van der Waals surface area contributed by atoms with Crippen molar-refractivity contribution in [2.75, 3.05) is 31.1 Å². The number of aryl methyl sites for hydroxylation is 1. The number of halogens is 1. The number of benzene rings is 2. The highest BCUT2D eigenvalue weighted by atomic mass is 32.2. The zero-order valence-electron chi connectivity index (χ0n) is 16.0. The molecule has 1 aliphatic rings. The van der Waals surface area contributed by atoms with Gasteiger partial charge in [-0.05, 0) is 24.3 Å². The Bertz CT molecular complexity index is 1000. The predicted octanol–water partition coefficient (Wildman–Crippen LogP) is 3.77. The number of anilines is 1. The fourth-order valence-electron chi connectivity index (χ4n) is 3.34. The summed E-state index contributed by atoms with van der Waals surface area (Å²) in [6, 6.07) is 14.3. The summed E-state index contributed by atoms with van der Waals surface area (Å²) in [6.07, 6.45) is 0.